The summed E-state index contributed by atoms with van der Waals surface area (Å²) in [7, 11) is 3.06. The average Bonchev–Trinajstić information content (AvgIpc) is 2.94. The zero-order valence-corrected chi connectivity index (χ0v) is 24.4. The zero-order chi connectivity index (χ0) is 28.5. The van der Waals surface area contributed by atoms with E-state index in [2.05, 4.69) is 27.9 Å². The molecule has 1 aliphatic rings. The van der Waals surface area contributed by atoms with Crippen LogP contribution in [0, 0.1) is 3.57 Å². The molecule has 0 aromatic heterocycles. The topological polar surface area (TPSA) is 138 Å². The maximum atomic E-state index is 12.9. The highest BCUT2D eigenvalue weighted by molar-refractivity contribution is 14.1. The molecule has 10 nitrogen and oxygen atoms in total. The van der Waals surface area contributed by atoms with E-state index >= 15 is 0 Å². The summed E-state index contributed by atoms with van der Waals surface area (Å²) in [6.07, 6.45) is 0.0128. The third-order valence-electron chi connectivity index (χ3n) is 6.52. The van der Waals surface area contributed by atoms with E-state index in [1.165, 1.54) is 14.0 Å². The number of nitrogens with zero attached hydrogens (tertiary/aromatic N) is 1. The molecular weight excluding hydrogens is 619 g/mol. The molecule has 2 aromatic rings. The molecule has 11 heteroatoms. The second-order valence-corrected chi connectivity index (χ2v) is 10.3. The van der Waals surface area contributed by atoms with Crippen LogP contribution in [0.15, 0.2) is 48.0 Å². The second-order valence-electron chi connectivity index (χ2n) is 9.10. The fourth-order valence-electron chi connectivity index (χ4n) is 4.53. The number of halogens is 1. The molecule has 0 spiro atoms. The minimum Gasteiger partial charge on any atom is -0.497 e. The molecule has 3 rings (SSSR count). The van der Waals surface area contributed by atoms with Crippen molar-refractivity contribution in [1.82, 2.24) is 10.2 Å². The van der Waals surface area contributed by atoms with Gasteiger partial charge in [-0.1, -0.05) is 12.1 Å². The lowest BCUT2D eigenvalue weighted by Gasteiger charge is -2.40. The van der Waals surface area contributed by atoms with Crippen molar-refractivity contribution in [3.8, 4) is 17.2 Å². The van der Waals surface area contributed by atoms with E-state index in [0.29, 0.717) is 44.9 Å². The van der Waals surface area contributed by atoms with Crippen molar-refractivity contribution in [2.24, 2.45) is 0 Å². The Balaban J connectivity index is 1.94. The summed E-state index contributed by atoms with van der Waals surface area (Å²) in [5, 5.41) is 32.9. The Morgan fingerprint density at radius 1 is 1.13 bits per heavy atom. The number of nitrogens with one attached hydrogen (secondary N) is 1. The van der Waals surface area contributed by atoms with Gasteiger partial charge in [-0.15, -0.1) is 0 Å². The van der Waals surface area contributed by atoms with Crippen molar-refractivity contribution in [1.29, 1.82) is 0 Å². The number of hydrogen-bond donors (Lipinski definition) is 4. The van der Waals surface area contributed by atoms with Gasteiger partial charge in [-0.25, -0.2) is 0 Å². The highest BCUT2D eigenvalue weighted by atomic mass is 127. The van der Waals surface area contributed by atoms with Crippen LogP contribution in [0.1, 0.15) is 24.5 Å². The number of ether oxygens (including phenoxy) is 3. The zero-order valence-electron chi connectivity index (χ0n) is 22.2. The van der Waals surface area contributed by atoms with Crippen LogP contribution in [-0.2, 0) is 22.6 Å². The summed E-state index contributed by atoms with van der Waals surface area (Å²) in [6.45, 7) is 1.38. The van der Waals surface area contributed by atoms with Gasteiger partial charge in [0.25, 0.3) is 0 Å². The van der Waals surface area contributed by atoms with Gasteiger partial charge in [0, 0.05) is 32.0 Å². The maximum Gasteiger partial charge on any atom is 0.247 e. The number of rotatable bonds is 12. The number of carbonyl (C=O) groups excluding carboxylic acids is 2. The van der Waals surface area contributed by atoms with E-state index in [1.54, 1.807) is 30.2 Å². The number of methoxy groups -OCH3 is 2. The Labute approximate surface area is 241 Å². The van der Waals surface area contributed by atoms with Crippen molar-refractivity contribution in [3.05, 3.63) is 62.7 Å². The summed E-state index contributed by atoms with van der Waals surface area (Å²) in [4.78, 5) is 27.3. The molecule has 39 heavy (non-hydrogen) atoms. The van der Waals surface area contributed by atoms with Gasteiger partial charge in [-0.2, -0.15) is 0 Å². The molecule has 0 heterocycles. The van der Waals surface area contributed by atoms with E-state index in [0.717, 1.165) is 5.56 Å². The molecule has 3 atom stereocenters. The van der Waals surface area contributed by atoms with Crippen LogP contribution in [-0.4, -0.2) is 84.2 Å². The molecule has 212 valence electrons. The number of amides is 2. The minimum atomic E-state index is -1.16. The average molecular weight is 654 g/mol. The molecular formula is C28H35IN2O8. The molecule has 4 N–H and O–H groups in total. The molecule has 0 unspecified atom stereocenters. The summed E-state index contributed by atoms with van der Waals surface area (Å²) in [5.41, 5.74) is 1.92. The van der Waals surface area contributed by atoms with Gasteiger partial charge in [0.2, 0.25) is 11.8 Å². The Morgan fingerprint density at radius 2 is 1.90 bits per heavy atom. The van der Waals surface area contributed by atoms with Crippen LogP contribution in [0.5, 0.6) is 17.2 Å². The monoisotopic (exact) mass is 654 g/mol. The van der Waals surface area contributed by atoms with Crippen LogP contribution in [0.25, 0.3) is 0 Å². The third kappa shape index (κ3) is 7.84. The molecule has 0 saturated carbocycles. The molecule has 0 bridgehead atoms. The molecule has 1 aliphatic carbocycles. The normalized spacial score (nSPS) is 18.6. The molecule has 0 fully saturated rings. The lowest BCUT2D eigenvalue weighted by molar-refractivity contribution is -0.136. The van der Waals surface area contributed by atoms with Crippen molar-refractivity contribution in [3.63, 3.8) is 0 Å². The maximum absolute atomic E-state index is 12.9. The Hall–Kier alpha value is -2.87. The van der Waals surface area contributed by atoms with Crippen molar-refractivity contribution in [2.75, 3.05) is 33.9 Å². The van der Waals surface area contributed by atoms with Crippen molar-refractivity contribution in [2.45, 2.75) is 44.6 Å². The molecule has 0 aliphatic heterocycles. The Morgan fingerprint density at radius 3 is 2.54 bits per heavy atom. The third-order valence-corrected chi connectivity index (χ3v) is 7.32. The van der Waals surface area contributed by atoms with E-state index in [9.17, 15) is 19.8 Å². The van der Waals surface area contributed by atoms with Crippen LogP contribution in [0.2, 0.25) is 0 Å². The fourth-order valence-corrected chi connectivity index (χ4v) is 5.32. The second kappa shape index (κ2) is 14.5. The van der Waals surface area contributed by atoms with Crippen LogP contribution in [0.4, 0.5) is 0 Å². The number of aliphatic hydroxyl groups excluding tert-OH is 3. The number of hydrogen-bond acceptors (Lipinski definition) is 8. The SMILES string of the molecule is COc1cccc(CCN(C(C)=O)[C@@H]2CC(C(=O)NCCO)=C[C@H](Oc3c(I)cc(CO)cc3OC)[C@H]2O)c1. The first kappa shape index (κ1) is 30.7. The first-order valence-corrected chi connectivity index (χ1v) is 13.6. The molecule has 0 saturated heterocycles. The first-order chi connectivity index (χ1) is 18.7. The smallest absolute Gasteiger partial charge is 0.247 e. The predicted molar refractivity (Wildman–Crippen MR) is 153 cm³/mol. The van der Waals surface area contributed by atoms with Gasteiger partial charge < -0.3 is 39.7 Å². The highest BCUT2D eigenvalue weighted by Gasteiger charge is 2.40. The van der Waals surface area contributed by atoms with Gasteiger partial charge in [-0.3, -0.25) is 9.59 Å². The van der Waals surface area contributed by atoms with Gasteiger partial charge in [0.1, 0.15) is 18.0 Å². The number of benzene rings is 2. The van der Waals surface area contributed by atoms with Crippen LogP contribution in [0.3, 0.4) is 0 Å². The number of carbonyl (C=O) groups is 2. The van der Waals surface area contributed by atoms with E-state index in [1.807, 2.05) is 24.3 Å². The van der Waals surface area contributed by atoms with E-state index in [4.69, 9.17) is 19.3 Å². The van der Waals surface area contributed by atoms with E-state index < -0.39 is 24.2 Å². The highest BCUT2D eigenvalue weighted by Crippen LogP contribution is 2.37. The van der Waals surface area contributed by atoms with Gasteiger partial charge in [0.05, 0.1) is 37.0 Å². The van der Waals surface area contributed by atoms with Gasteiger partial charge in [0.15, 0.2) is 11.5 Å². The first-order valence-electron chi connectivity index (χ1n) is 12.5. The largest absolute Gasteiger partial charge is 0.497 e. The van der Waals surface area contributed by atoms with Crippen LogP contribution >= 0.6 is 22.6 Å². The number of aliphatic hydroxyl groups is 3. The van der Waals surface area contributed by atoms with Crippen LogP contribution < -0.4 is 19.5 Å². The Kier molecular flexibility index (Phi) is 11.4. The van der Waals surface area contributed by atoms with Crippen molar-refractivity contribution >= 4 is 34.4 Å². The molecule has 0 radical (unpaired) electrons. The lowest BCUT2D eigenvalue weighted by Crippen LogP contribution is -2.55. The van der Waals surface area contributed by atoms with Gasteiger partial charge in [-0.05, 0) is 70.5 Å². The molecule has 2 amide bonds. The van der Waals surface area contributed by atoms with Crippen molar-refractivity contribution < 1.29 is 39.1 Å². The summed E-state index contributed by atoms with van der Waals surface area (Å²) in [5.74, 6) is 0.744. The quantitative estimate of drug-likeness (QED) is 0.255. The lowest BCUT2D eigenvalue weighted by atomic mass is 9.88. The fraction of sp³-hybridized carbons (Fsp3) is 0.429. The predicted octanol–water partition coefficient (Wildman–Crippen LogP) is 1.81. The van der Waals surface area contributed by atoms with Gasteiger partial charge >= 0.3 is 0 Å². The minimum absolute atomic E-state index is 0.0650. The van der Waals surface area contributed by atoms with E-state index in [-0.39, 0.29) is 32.1 Å². The summed E-state index contributed by atoms with van der Waals surface area (Å²) >= 11 is 2.05. The molecule has 2 aromatic carbocycles. The standard InChI is InChI=1S/C28H35IN2O8/c1-17(34)31(9-7-18-5-4-6-21(11-18)37-2)23-14-20(28(36)30-8-10-32)15-24(26(23)35)39-27-22(29)12-19(16-33)13-25(27)38-3/h4-6,11-13,15,23-24,26,32-33,35H,7-10,14,16H2,1-3H3,(H,30,36)/t23-,24+,26+/m1/s1. The Bertz CT molecular complexity index is 1190. The summed E-state index contributed by atoms with van der Waals surface area (Å²) < 4.78 is 17.6. The summed E-state index contributed by atoms with van der Waals surface area (Å²) in [6, 6.07) is 10.2.